The Labute approximate surface area is 116 Å². The van der Waals surface area contributed by atoms with Crippen molar-refractivity contribution in [2.24, 2.45) is 5.41 Å². The molecule has 1 saturated carbocycles. The van der Waals surface area contributed by atoms with Gasteiger partial charge in [0.1, 0.15) is 5.41 Å². The Kier molecular flexibility index (Phi) is 2.84. The lowest BCUT2D eigenvalue weighted by molar-refractivity contribution is -0.159. The summed E-state index contributed by atoms with van der Waals surface area (Å²) in [7, 11) is 0. The van der Waals surface area contributed by atoms with E-state index in [1.807, 2.05) is 0 Å². The second kappa shape index (κ2) is 4.43. The maximum Gasteiger partial charge on any atom is 0.331 e. The largest absolute Gasteiger partial charge is 0.335 e. The van der Waals surface area contributed by atoms with Gasteiger partial charge in [-0.05, 0) is 19.8 Å². The third-order valence-electron chi connectivity index (χ3n) is 4.18. The number of rotatable bonds is 3. The number of urea groups is 1. The van der Waals surface area contributed by atoms with Crippen LogP contribution in [0.1, 0.15) is 26.2 Å². The minimum Gasteiger partial charge on any atom is -0.335 e. The van der Waals surface area contributed by atoms with E-state index in [1.54, 1.807) is 30.2 Å². The van der Waals surface area contributed by atoms with Crippen LogP contribution in [0.2, 0.25) is 0 Å². The molecule has 1 N–H and O–H groups in total. The Morgan fingerprint density at radius 2 is 2.15 bits per heavy atom. The normalized spacial score (nSPS) is 22.6. The summed E-state index contributed by atoms with van der Waals surface area (Å²) in [6, 6.07) is -0.951. The van der Waals surface area contributed by atoms with Crippen molar-refractivity contribution in [1.82, 2.24) is 19.8 Å². The number of imide groups is 2. The summed E-state index contributed by atoms with van der Waals surface area (Å²) in [5, 5.41) is 2.32. The van der Waals surface area contributed by atoms with Crippen LogP contribution in [0, 0.1) is 5.41 Å². The van der Waals surface area contributed by atoms with Crippen LogP contribution in [-0.2, 0) is 16.1 Å². The number of barbiturate groups is 1. The van der Waals surface area contributed by atoms with Gasteiger partial charge < -0.3 is 4.57 Å². The number of hydrogen-bond acceptors (Lipinski definition) is 4. The minimum absolute atomic E-state index is 0.331. The maximum atomic E-state index is 12.5. The van der Waals surface area contributed by atoms with Gasteiger partial charge in [-0.2, -0.15) is 0 Å². The predicted molar refractivity (Wildman–Crippen MR) is 68.4 cm³/mol. The number of nitrogens with one attached hydrogen (secondary N) is 1. The monoisotopic (exact) mass is 276 g/mol. The van der Waals surface area contributed by atoms with E-state index in [0.29, 0.717) is 19.4 Å². The number of carbonyl (C=O) groups excluding carboxylic acids is 3. The van der Waals surface area contributed by atoms with E-state index < -0.39 is 17.4 Å². The molecular formula is C13H16N4O3. The summed E-state index contributed by atoms with van der Waals surface area (Å²) in [4.78, 5) is 41.5. The Morgan fingerprint density at radius 1 is 1.40 bits per heavy atom. The van der Waals surface area contributed by atoms with E-state index in [0.717, 1.165) is 6.42 Å². The smallest absolute Gasteiger partial charge is 0.331 e. The lowest BCUT2D eigenvalue weighted by atomic mass is 9.66. The molecule has 2 heterocycles. The van der Waals surface area contributed by atoms with Crippen LogP contribution in [-0.4, -0.2) is 38.3 Å². The van der Waals surface area contributed by atoms with Crippen molar-refractivity contribution in [2.75, 3.05) is 0 Å². The Balaban J connectivity index is 1.82. The van der Waals surface area contributed by atoms with Crippen molar-refractivity contribution in [2.45, 2.75) is 38.8 Å². The first kappa shape index (κ1) is 12.8. The zero-order valence-electron chi connectivity index (χ0n) is 11.2. The SMILES string of the molecule is CC(Cn1ccnc1)N1C(=O)NC(=O)C2(CCC2)C1=O. The molecule has 7 heteroatoms. The molecule has 7 nitrogen and oxygen atoms in total. The highest BCUT2D eigenvalue weighted by atomic mass is 16.2. The first-order chi connectivity index (χ1) is 9.54. The van der Waals surface area contributed by atoms with Crippen LogP contribution in [0.25, 0.3) is 0 Å². The molecule has 1 aromatic rings. The lowest BCUT2D eigenvalue weighted by Gasteiger charge is -2.46. The fourth-order valence-electron chi connectivity index (χ4n) is 2.85. The van der Waals surface area contributed by atoms with Crippen LogP contribution < -0.4 is 5.32 Å². The average Bonchev–Trinajstić information content (AvgIpc) is 2.78. The molecule has 0 radical (unpaired) electrons. The van der Waals surface area contributed by atoms with Gasteiger partial charge in [-0.1, -0.05) is 6.42 Å². The van der Waals surface area contributed by atoms with E-state index in [2.05, 4.69) is 10.3 Å². The van der Waals surface area contributed by atoms with Gasteiger partial charge in [0, 0.05) is 18.9 Å². The van der Waals surface area contributed by atoms with Crippen LogP contribution in [0.4, 0.5) is 4.79 Å². The van der Waals surface area contributed by atoms with Gasteiger partial charge >= 0.3 is 6.03 Å². The highest BCUT2D eigenvalue weighted by Gasteiger charge is 2.58. The van der Waals surface area contributed by atoms with Crippen LogP contribution >= 0.6 is 0 Å². The zero-order chi connectivity index (χ0) is 14.3. The van der Waals surface area contributed by atoms with Crippen LogP contribution in [0.5, 0.6) is 0 Å². The Bertz CT molecular complexity index is 562. The maximum absolute atomic E-state index is 12.5. The molecule has 2 aliphatic rings. The number of carbonyl (C=O) groups is 3. The average molecular weight is 276 g/mol. The molecule has 4 amide bonds. The molecule has 106 valence electrons. The van der Waals surface area contributed by atoms with Gasteiger partial charge in [0.05, 0.1) is 12.4 Å². The number of aromatic nitrogens is 2. The molecule has 1 atom stereocenters. The van der Waals surface area contributed by atoms with E-state index in [-0.39, 0.29) is 11.9 Å². The second-order valence-corrected chi connectivity index (χ2v) is 5.48. The summed E-state index contributed by atoms with van der Waals surface area (Å²) in [5.74, 6) is -0.796. The molecule has 1 aliphatic heterocycles. The van der Waals surface area contributed by atoms with Crippen molar-refractivity contribution in [3.63, 3.8) is 0 Å². The van der Waals surface area contributed by atoms with Gasteiger partial charge in [0.25, 0.3) is 0 Å². The standard InChI is InChI=1S/C13H16N4O3/c1-9(7-16-6-5-14-8-16)17-11(19)13(3-2-4-13)10(18)15-12(17)20/h5-6,8-9H,2-4,7H2,1H3,(H,15,18,20). The van der Waals surface area contributed by atoms with Crippen LogP contribution in [0.3, 0.4) is 0 Å². The third kappa shape index (κ3) is 1.73. The summed E-state index contributed by atoms with van der Waals surface area (Å²) in [6.45, 7) is 2.25. The second-order valence-electron chi connectivity index (χ2n) is 5.48. The fraction of sp³-hybridized carbons (Fsp3) is 0.538. The molecule has 20 heavy (non-hydrogen) atoms. The van der Waals surface area contributed by atoms with E-state index in [1.165, 1.54) is 4.90 Å². The van der Waals surface area contributed by atoms with Crippen molar-refractivity contribution >= 4 is 17.8 Å². The molecule has 1 unspecified atom stereocenters. The topological polar surface area (TPSA) is 84.3 Å². The van der Waals surface area contributed by atoms with E-state index >= 15 is 0 Å². The minimum atomic E-state index is -1.00. The molecule has 1 aliphatic carbocycles. The highest BCUT2D eigenvalue weighted by molar-refractivity contribution is 6.19. The number of nitrogens with zero attached hydrogens (tertiary/aromatic N) is 3. The van der Waals surface area contributed by atoms with Gasteiger partial charge in [-0.15, -0.1) is 0 Å². The van der Waals surface area contributed by atoms with Crippen molar-refractivity contribution in [1.29, 1.82) is 0 Å². The van der Waals surface area contributed by atoms with Crippen molar-refractivity contribution in [3.05, 3.63) is 18.7 Å². The fourth-order valence-corrected chi connectivity index (χ4v) is 2.85. The first-order valence-corrected chi connectivity index (χ1v) is 6.69. The molecule has 3 rings (SSSR count). The molecule has 1 spiro atoms. The number of imidazole rings is 1. The number of hydrogen-bond donors (Lipinski definition) is 1. The molecule has 1 aromatic heterocycles. The first-order valence-electron chi connectivity index (χ1n) is 6.69. The summed E-state index contributed by atoms with van der Waals surface area (Å²) in [6.07, 6.45) is 6.94. The molecular weight excluding hydrogens is 260 g/mol. The van der Waals surface area contributed by atoms with E-state index in [4.69, 9.17) is 0 Å². The lowest BCUT2D eigenvalue weighted by Crippen LogP contribution is -2.68. The Hall–Kier alpha value is -2.18. The quantitative estimate of drug-likeness (QED) is 0.816. The highest BCUT2D eigenvalue weighted by Crippen LogP contribution is 2.44. The zero-order valence-corrected chi connectivity index (χ0v) is 11.2. The van der Waals surface area contributed by atoms with Crippen LogP contribution in [0.15, 0.2) is 18.7 Å². The van der Waals surface area contributed by atoms with Crippen molar-refractivity contribution in [3.8, 4) is 0 Å². The summed E-state index contributed by atoms with van der Waals surface area (Å²) < 4.78 is 1.80. The summed E-state index contributed by atoms with van der Waals surface area (Å²) >= 11 is 0. The predicted octanol–water partition coefficient (Wildman–Crippen LogP) is 0.520. The molecule has 1 saturated heterocycles. The molecule has 2 fully saturated rings. The van der Waals surface area contributed by atoms with Gasteiger partial charge in [0.2, 0.25) is 11.8 Å². The molecule has 0 aromatic carbocycles. The molecule has 0 bridgehead atoms. The van der Waals surface area contributed by atoms with Gasteiger partial charge in [-0.25, -0.2) is 9.78 Å². The van der Waals surface area contributed by atoms with Crippen molar-refractivity contribution < 1.29 is 14.4 Å². The Morgan fingerprint density at radius 3 is 2.70 bits per heavy atom. The number of amides is 4. The van der Waals surface area contributed by atoms with Gasteiger partial charge in [0.15, 0.2) is 0 Å². The van der Waals surface area contributed by atoms with E-state index in [9.17, 15) is 14.4 Å². The third-order valence-corrected chi connectivity index (χ3v) is 4.18. The van der Waals surface area contributed by atoms with Gasteiger partial charge in [-0.3, -0.25) is 19.8 Å². The summed E-state index contributed by atoms with van der Waals surface area (Å²) in [5.41, 5.74) is -1.00.